The first kappa shape index (κ1) is 14.3. The lowest BCUT2D eigenvalue weighted by molar-refractivity contribution is 0.108. The van der Waals surface area contributed by atoms with Crippen LogP contribution < -0.4 is 0 Å². The molecule has 21 heavy (non-hydrogen) atoms. The molecule has 0 radical (unpaired) electrons. The third-order valence-corrected chi connectivity index (χ3v) is 4.60. The average molecular weight is 280 g/mol. The normalized spacial score (nSPS) is 26.7. The molecule has 1 fully saturated rings. The van der Waals surface area contributed by atoms with E-state index in [1.165, 1.54) is 11.3 Å². The number of pyridine rings is 1. The third kappa shape index (κ3) is 3.33. The maximum Gasteiger partial charge on any atom is 0.0440 e. The van der Waals surface area contributed by atoms with E-state index in [2.05, 4.69) is 66.2 Å². The van der Waals surface area contributed by atoms with Gasteiger partial charge in [-0.25, -0.2) is 0 Å². The molecule has 0 saturated carbocycles. The van der Waals surface area contributed by atoms with Gasteiger partial charge in [-0.2, -0.15) is 0 Å². The number of nitrogens with zero attached hydrogens (tertiary/aromatic N) is 2. The Bertz CT molecular complexity index is 540. The minimum atomic E-state index is 0.582. The van der Waals surface area contributed by atoms with Crippen molar-refractivity contribution in [1.82, 2.24) is 9.88 Å². The smallest absolute Gasteiger partial charge is 0.0440 e. The van der Waals surface area contributed by atoms with E-state index in [0.29, 0.717) is 17.8 Å². The predicted octanol–water partition coefficient (Wildman–Crippen LogP) is 3.95. The molecule has 2 nitrogen and oxygen atoms in total. The van der Waals surface area contributed by atoms with Gasteiger partial charge in [-0.05, 0) is 29.5 Å². The SMILES string of the molecule is CC1CN(Cc2ccccc2)CC(C)C1c1ccccn1. The number of benzene rings is 1. The summed E-state index contributed by atoms with van der Waals surface area (Å²) in [5.74, 6) is 1.87. The Morgan fingerprint density at radius 1 is 0.952 bits per heavy atom. The van der Waals surface area contributed by atoms with Crippen molar-refractivity contribution in [1.29, 1.82) is 0 Å². The minimum Gasteiger partial charge on any atom is -0.299 e. The van der Waals surface area contributed by atoms with Gasteiger partial charge >= 0.3 is 0 Å². The summed E-state index contributed by atoms with van der Waals surface area (Å²) < 4.78 is 0. The summed E-state index contributed by atoms with van der Waals surface area (Å²) in [6.45, 7) is 8.10. The van der Waals surface area contributed by atoms with Crippen LogP contribution in [-0.2, 0) is 6.54 Å². The average Bonchev–Trinajstić information content (AvgIpc) is 2.49. The molecule has 1 aliphatic heterocycles. The topological polar surface area (TPSA) is 16.1 Å². The highest BCUT2D eigenvalue weighted by atomic mass is 15.1. The van der Waals surface area contributed by atoms with Gasteiger partial charge in [0.25, 0.3) is 0 Å². The number of likely N-dealkylation sites (tertiary alicyclic amines) is 1. The number of hydrogen-bond acceptors (Lipinski definition) is 2. The Balaban J connectivity index is 1.70. The molecule has 2 heterocycles. The van der Waals surface area contributed by atoms with E-state index >= 15 is 0 Å². The van der Waals surface area contributed by atoms with Gasteiger partial charge in [0.05, 0.1) is 0 Å². The van der Waals surface area contributed by atoms with Crippen LogP contribution in [0.5, 0.6) is 0 Å². The summed E-state index contributed by atoms with van der Waals surface area (Å²) in [5, 5.41) is 0. The second-order valence-electron chi connectivity index (χ2n) is 6.41. The molecule has 0 aliphatic carbocycles. The predicted molar refractivity (Wildman–Crippen MR) is 87.0 cm³/mol. The van der Waals surface area contributed by atoms with E-state index in [9.17, 15) is 0 Å². The Morgan fingerprint density at radius 2 is 1.62 bits per heavy atom. The van der Waals surface area contributed by atoms with Gasteiger partial charge in [-0.1, -0.05) is 50.2 Å². The Hall–Kier alpha value is -1.67. The Kier molecular flexibility index (Phi) is 4.35. The fourth-order valence-electron chi connectivity index (χ4n) is 3.80. The molecule has 1 aliphatic rings. The lowest BCUT2D eigenvalue weighted by Crippen LogP contribution is -2.43. The quantitative estimate of drug-likeness (QED) is 0.846. The highest BCUT2D eigenvalue weighted by Crippen LogP contribution is 2.36. The van der Waals surface area contributed by atoms with Gasteiger partial charge in [-0.15, -0.1) is 0 Å². The van der Waals surface area contributed by atoms with Crippen LogP contribution in [0, 0.1) is 11.8 Å². The zero-order valence-electron chi connectivity index (χ0n) is 12.9. The van der Waals surface area contributed by atoms with E-state index in [1.807, 2.05) is 12.3 Å². The Labute approximate surface area is 127 Å². The number of rotatable bonds is 3. The molecule has 0 bridgehead atoms. The Morgan fingerprint density at radius 3 is 2.24 bits per heavy atom. The summed E-state index contributed by atoms with van der Waals surface area (Å²) in [6.07, 6.45) is 1.92. The first-order chi connectivity index (χ1) is 10.2. The summed E-state index contributed by atoms with van der Waals surface area (Å²) in [7, 11) is 0. The van der Waals surface area contributed by atoms with Crippen LogP contribution in [0.25, 0.3) is 0 Å². The maximum absolute atomic E-state index is 4.59. The highest BCUT2D eigenvalue weighted by molar-refractivity contribution is 5.16. The van der Waals surface area contributed by atoms with Crippen molar-refractivity contribution in [2.75, 3.05) is 13.1 Å². The number of aromatic nitrogens is 1. The van der Waals surface area contributed by atoms with E-state index in [1.54, 1.807) is 0 Å². The van der Waals surface area contributed by atoms with Crippen molar-refractivity contribution in [3.8, 4) is 0 Å². The first-order valence-corrected chi connectivity index (χ1v) is 7.91. The highest BCUT2D eigenvalue weighted by Gasteiger charge is 2.33. The molecule has 0 N–H and O–H groups in total. The van der Waals surface area contributed by atoms with E-state index in [0.717, 1.165) is 19.6 Å². The van der Waals surface area contributed by atoms with Crippen molar-refractivity contribution in [3.63, 3.8) is 0 Å². The summed E-state index contributed by atoms with van der Waals surface area (Å²) in [5.41, 5.74) is 2.67. The molecule has 3 rings (SSSR count). The minimum absolute atomic E-state index is 0.582. The standard InChI is InChI=1S/C19H24N2/c1-15-12-21(14-17-8-4-3-5-9-17)13-16(2)19(15)18-10-6-7-11-20-18/h3-11,15-16,19H,12-14H2,1-2H3. The lowest BCUT2D eigenvalue weighted by Gasteiger charge is -2.41. The van der Waals surface area contributed by atoms with Crippen LogP contribution in [0.15, 0.2) is 54.7 Å². The van der Waals surface area contributed by atoms with Crippen LogP contribution in [0.2, 0.25) is 0 Å². The molecule has 1 aromatic carbocycles. The van der Waals surface area contributed by atoms with Gasteiger partial charge < -0.3 is 0 Å². The fraction of sp³-hybridized carbons (Fsp3) is 0.421. The van der Waals surface area contributed by atoms with Gasteiger partial charge in [-0.3, -0.25) is 9.88 Å². The fourth-order valence-corrected chi connectivity index (χ4v) is 3.80. The van der Waals surface area contributed by atoms with Crippen LogP contribution in [0.4, 0.5) is 0 Å². The number of hydrogen-bond donors (Lipinski definition) is 0. The second kappa shape index (κ2) is 6.40. The van der Waals surface area contributed by atoms with Crippen LogP contribution >= 0.6 is 0 Å². The van der Waals surface area contributed by atoms with Crippen molar-refractivity contribution in [2.45, 2.75) is 26.3 Å². The van der Waals surface area contributed by atoms with Crippen molar-refractivity contribution < 1.29 is 0 Å². The van der Waals surface area contributed by atoms with E-state index < -0.39 is 0 Å². The van der Waals surface area contributed by atoms with Gasteiger partial charge in [0.2, 0.25) is 0 Å². The molecule has 1 aromatic heterocycles. The largest absolute Gasteiger partial charge is 0.299 e. The van der Waals surface area contributed by atoms with Crippen LogP contribution in [0.3, 0.4) is 0 Å². The molecule has 2 unspecified atom stereocenters. The van der Waals surface area contributed by atoms with Crippen molar-refractivity contribution in [3.05, 3.63) is 66.0 Å². The summed E-state index contributed by atoms with van der Waals surface area (Å²) in [4.78, 5) is 7.18. The van der Waals surface area contributed by atoms with Crippen molar-refractivity contribution >= 4 is 0 Å². The molecular formula is C19H24N2. The van der Waals surface area contributed by atoms with Gasteiger partial charge in [0.1, 0.15) is 0 Å². The third-order valence-electron chi connectivity index (χ3n) is 4.60. The van der Waals surface area contributed by atoms with E-state index in [-0.39, 0.29) is 0 Å². The van der Waals surface area contributed by atoms with Crippen LogP contribution in [0.1, 0.15) is 31.0 Å². The monoisotopic (exact) mass is 280 g/mol. The van der Waals surface area contributed by atoms with Crippen molar-refractivity contribution in [2.24, 2.45) is 11.8 Å². The summed E-state index contributed by atoms with van der Waals surface area (Å²) >= 11 is 0. The number of piperidine rings is 1. The van der Waals surface area contributed by atoms with Gasteiger partial charge in [0.15, 0.2) is 0 Å². The summed E-state index contributed by atoms with van der Waals surface area (Å²) in [6, 6.07) is 17.1. The van der Waals surface area contributed by atoms with E-state index in [4.69, 9.17) is 0 Å². The second-order valence-corrected chi connectivity index (χ2v) is 6.41. The lowest BCUT2D eigenvalue weighted by atomic mass is 9.77. The van der Waals surface area contributed by atoms with Gasteiger partial charge in [0, 0.05) is 37.4 Å². The molecule has 2 heteroatoms. The zero-order valence-corrected chi connectivity index (χ0v) is 12.9. The van der Waals surface area contributed by atoms with Crippen LogP contribution in [-0.4, -0.2) is 23.0 Å². The molecular weight excluding hydrogens is 256 g/mol. The zero-order chi connectivity index (χ0) is 14.7. The first-order valence-electron chi connectivity index (χ1n) is 7.91. The molecule has 0 amide bonds. The molecule has 2 aromatic rings. The molecule has 2 atom stereocenters. The molecule has 1 saturated heterocycles. The molecule has 110 valence electrons. The maximum atomic E-state index is 4.59. The molecule has 0 spiro atoms.